The molecule has 0 N–H and O–H groups in total. The standard InChI is InChI=1S/C23H15NO/c1-2-6-16(7-3-1)17-9-11-22-19(14-17)20-15-18(10-12-23(20)25-22)21-8-4-5-13-24-21/h1-15H. The SMILES string of the molecule is c1ccc(-c2ccc3oc4ccc(-c5ccccn5)cc4c3c2)cc1. The van der Waals surface area contributed by atoms with E-state index < -0.39 is 0 Å². The summed E-state index contributed by atoms with van der Waals surface area (Å²) in [6.45, 7) is 0. The maximum absolute atomic E-state index is 6.01. The highest BCUT2D eigenvalue weighted by Crippen LogP contribution is 2.34. The van der Waals surface area contributed by atoms with Gasteiger partial charge < -0.3 is 4.42 Å². The summed E-state index contributed by atoms with van der Waals surface area (Å²) in [6, 6.07) is 29.0. The Morgan fingerprint density at radius 3 is 1.96 bits per heavy atom. The lowest BCUT2D eigenvalue weighted by molar-refractivity contribution is 0.669. The van der Waals surface area contributed by atoms with Crippen LogP contribution in [0, 0.1) is 0 Å². The molecule has 2 aromatic heterocycles. The van der Waals surface area contributed by atoms with Crippen molar-refractivity contribution in [3.63, 3.8) is 0 Å². The summed E-state index contributed by atoms with van der Waals surface area (Å²) in [5.41, 5.74) is 6.28. The monoisotopic (exact) mass is 321 g/mol. The van der Waals surface area contributed by atoms with Crippen LogP contribution in [0.2, 0.25) is 0 Å². The van der Waals surface area contributed by atoms with Crippen LogP contribution < -0.4 is 0 Å². The molecule has 0 saturated heterocycles. The van der Waals surface area contributed by atoms with E-state index >= 15 is 0 Å². The van der Waals surface area contributed by atoms with Crippen LogP contribution in [-0.4, -0.2) is 4.98 Å². The number of pyridine rings is 1. The molecule has 0 unspecified atom stereocenters. The first-order valence-corrected chi connectivity index (χ1v) is 8.32. The maximum atomic E-state index is 6.01. The van der Waals surface area contributed by atoms with E-state index in [2.05, 4.69) is 59.6 Å². The lowest BCUT2D eigenvalue weighted by atomic mass is 10.0. The van der Waals surface area contributed by atoms with E-state index in [1.165, 1.54) is 11.1 Å². The quantitative estimate of drug-likeness (QED) is 0.380. The summed E-state index contributed by atoms with van der Waals surface area (Å²) in [7, 11) is 0. The summed E-state index contributed by atoms with van der Waals surface area (Å²) in [4.78, 5) is 4.45. The van der Waals surface area contributed by atoms with Gasteiger partial charge in [-0.25, -0.2) is 0 Å². The maximum Gasteiger partial charge on any atom is 0.135 e. The fourth-order valence-electron chi connectivity index (χ4n) is 3.28. The van der Waals surface area contributed by atoms with Crippen molar-refractivity contribution in [2.75, 3.05) is 0 Å². The predicted molar refractivity (Wildman–Crippen MR) is 102 cm³/mol. The van der Waals surface area contributed by atoms with Crippen molar-refractivity contribution in [1.82, 2.24) is 4.98 Å². The Balaban J connectivity index is 1.73. The molecule has 118 valence electrons. The zero-order valence-electron chi connectivity index (χ0n) is 13.5. The minimum atomic E-state index is 0.903. The lowest BCUT2D eigenvalue weighted by Gasteiger charge is -2.02. The van der Waals surface area contributed by atoms with Crippen LogP contribution in [0.4, 0.5) is 0 Å². The predicted octanol–water partition coefficient (Wildman–Crippen LogP) is 6.32. The van der Waals surface area contributed by atoms with Gasteiger partial charge in [0, 0.05) is 22.5 Å². The Morgan fingerprint density at radius 1 is 0.560 bits per heavy atom. The highest BCUT2D eigenvalue weighted by atomic mass is 16.3. The van der Waals surface area contributed by atoms with E-state index in [0.29, 0.717) is 0 Å². The second kappa shape index (κ2) is 5.60. The summed E-state index contributed by atoms with van der Waals surface area (Å²) >= 11 is 0. The van der Waals surface area contributed by atoms with E-state index in [4.69, 9.17) is 4.42 Å². The first-order chi connectivity index (χ1) is 12.4. The highest BCUT2D eigenvalue weighted by Gasteiger charge is 2.10. The van der Waals surface area contributed by atoms with Crippen molar-refractivity contribution in [1.29, 1.82) is 0 Å². The first kappa shape index (κ1) is 14.0. The molecule has 0 spiro atoms. The van der Waals surface area contributed by atoms with E-state index in [0.717, 1.165) is 33.2 Å². The second-order valence-corrected chi connectivity index (χ2v) is 6.10. The molecule has 2 heteroatoms. The zero-order chi connectivity index (χ0) is 16.6. The van der Waals surface area contributed by atoms with Gasteiger partial charge in [-0.2, -0.15) is 0 Å². The van der Waals surface area contributed by atoms with Gasteiger partial charge in [0.2, 0.25) is 0 Å². The van der Waals surface area contributed by atoms with Crippen LogP contribution in [0.1, 0.15) is 0 Å². The summed E-state index contributed by atoms with van der Waals surface area (Å²) in [5, 5.41) is 2.25. The minimum absolute atomic E-state index is 0.903. The third-order valence-electron chi connectivity index (χ3n) is 4.54. The van der Waals surface area contributed by atoms with Crippen molar-refractivity contribution in [2.24, 2.45) is 0 Å². The van der Waals surface area contributed by atoms with Gasteiger partial charge in [-0.05, 0) is 53.6 Å². The molecule has 2 nitrogen and oxygen atoms in total. The van der Waals surface area contributed by atoms with Gasteiger partial charge in [0.05, 0.1) is 5.69 Å². The Hall–Kier alpha value is -3.39. The number of hydrogen-bond acceptors (Lipinski definition) is 2. The van der Waals surface area contributed by atoms with E-state index in [1.807, 2.05) is 36.5 Å². The van der Waals surface area contributed by atoms with Crippen molar-refractivity contribution >= 4 is 21.9 Å². The van der Waals surface area contributed by atoms with Gasteiger partial charge in [0.1, 0.15) is 11.2 Å². The molecule has 0 saturated carbocycles. The van der Waals surface area contributed by atoms with Crippen LogP contribution in [-0.2, 0) is 0 Å². The number of hydrogen-bond donors (Lipinski definition) is 0. The smallest absolute Gasteiger partial charge is 0.135 e. The van der Waals surface area contributed by atoms with Gasteiger partial charge in [-0.1, -0.05) is 42.5 Å². The molecule has 0 atom stereocenters. The number of aromatic nitrogens is 1. The molecular weight excluding hydrogens is 306 g/mol. The van der Waals surface area contributed by atoms with Crippen molar-refractivity contribution < 1.29 is 4.42 Å². The topological polar surface area (TPSA) is 26.0 Å². The molecule has 0 aliphatic carbocycles. The molecule has 0 aliphatic rings. The highest BCUT2D eigenvalue weighted by molar-refractivity contribution is 6.07. The second-order valence-electron chi connectivity index (χ2n) is 6.10. The molecule has 3 aromatic carbocycles. The fourth-order valence-corrected chi connectivity index (χ4v) is 3.28. The minimum Gasteiger partial charge on any atom is -0.456 e. The van der Waals surface area contributed by atoms with Gasteiger partial charge in [-0.15, -0.1) is 0 Å². The Morgan fingerprint density at radius 2 is 1.24 bits per heavy atom. The van der Waals surface area contributed by atoms with Crippen LogP contribution in [0.5, 0.6) is 0 Å². The van der Waals surface area contributed by atoms with Gasteiger partial charge in [-0.3, -0.25) is 4.98 Å². The molecule has 5 aromatic rings. The third-order valence-corrected chi connectivity index (χ3v) is 4.54. The number of benzene rings is 3. The van der Waals surface area contributed by atoms with Crippen molar-refractivity contribution in [3.8, 4) is 22.4 Å². The number of nitrogens with zero attached hydrogens (tertiary/aromatic N) is 1. The molecule has 5 rings (SSSR count). The average Bonchev–Trinajstić information content (AvgIpc) is 3.06. The Bertz CT molecular complexity index is 1080. The molecular formula is C23H15NO. The zero-order valence-corrected chi connectivity index (χ0v) is 13.5. The number of rotatable bonds is 2. The third kappa shape index (κ3) is 2.39. The number of fused-ring (bicyclic) bond motifs is 3. The molecule has 2 heterocycles. The molecule has 0 aliphatic heterocycles. The summed E-state index contributed by atoms with van der Waals surface area (Å²) in [6.07, 6.45) is 1.82. The van der Waals surface area contributed by atoms with Crippen molar-refractivity contribution in [3.05, 3.63) is 91.1 Å². The molecule has 0 fully saturated rings. The lowest BCUT2D eigenvalue weighted by Crippen LogP contribution is -1.81. The normalized spacial score (nSPS) is 11.2. The first-order valence-electron chi connectivity index (χ1n) is 8.32. The Labute approximate surface area is 145 Å². The van der Waals surface area contributed by atoms with Crippen LogP contribution in [0.25, 0.3) is 44.3 Å². The van der Waals surface area contributed by atoms with E-state index in [-0.39, 0.29) is 0 Å². The molecule has 0 amide bonds. The van der Waals surface area contributed by atoms with Gasteiger partial charge in [0.15, 0.2) is 0 Å². The summed E-state index contributed by atoms with van der Waals surface area (Å²) in [5.74, 6) is 0. The molecule has 0 bridgehead atoms. The fraction of sp³-hybridized carbons (Fsp3) is 0. The van der Waals surface area contributed by atoms with Crippen LogP contribution >= 0.6 is 0 Å². The largest absolute Gasteiger partial charge is 0.456 e. The van der Waals surface area contributed by atoms with Crippen LogP contribution in [0.3, 0.4) is 0 Å². The summed E-state index contributed by atoms with van der Waals surface area (Å²) < 4.78 is 6.01. The molecule has 0 radical (unpaired) electrons. The average molecular weight is 321 g/mol. The van der Waals surface area contributed by atoms with Crippen LogP contribution in [0.15, 0.2) is 95.5 Å². The van der Waals surface area contributed by atoms with E-state index in [9.17, 15) is 0 Å². The van der Waals surface area contributed by atoms with Crippen molar-refractivity contribution in [2.45, 2.75) is 0 Å². The van der Waals surface area contributed by atoms with Gasteiger partial charge in [0.25, 0.3) is 0 Å². The van der Waals surface area contributed by atoms with Gasteiger partial charge >= 0.3 is 0 Å². The molecule has 25 heavy (non-hydrogen) atoms. The Kier molecular flexibility index (Phi) is 3.14. The van der Waals surface area contributed by atoms with E-state index in [1.54, 1.807) is 0 Å². The number of furan rings is 1.